The smallest absolute Gasteiger partial charge is 0.264 e. The number of carbonyl (C=O) groups excluding carboxylic acids is 1. The molecule has 0 bridgehead atoms. The van der Waals surface area contributed by atoms with Gasteiger partial charge in [0, 0.05) is 18.1 Å². The Morgan fingerprint density at radius 2 is 2.21 bits per heavy atom. The minimum atomic E-state index is -0.148. The van der Waals surface area contributed by atoms with Crippen molar-refractivity contribution in [2.24, 2.45) is 4.99 Å². The van der Waals surface area contributed by atoms with Crippen LogP contribution >= 0.6 is 23.1 Å². The number of hydrogen-bond donors (Lipinski definition) is 3. The number of aromatic amines is 1. The highest BCUT2D eigenvalue weighted by atomic mass is 32.2. The number of carbonyl (C=O) groups is 1. The second kappa shape index (κ2) is 8.76. The fourth-order valence-electron chi connectivity index (χ4n) is 2.75. The summed E-state index contributed by atoms with van der Waals surface area (Å²) in [4.78, 5) is 24.9. The minimum absolute atomic E-state index is 0.148. The molecule has 3 N–H and O–H groups in total. The number of anilines is 1. The van der Waals surface area contributed by atoms with Crippen LogP contribution < -0.4 is 10.6 Å². The summed E-state index contributed by atoms with van der Waals surface area (Å²) in [5.74, 6) is -0.148. The van der Waals surface area contributed by atoms with Crippen LogP contribution in [0.25, 0.3) is 17.0 Å². The fourth-order valence-corrected chi connectivity index (χ4v) is 4.44. The zero-order chi connectivity index (χ0) is 20.2. The molecule has 0 unspecified atom stereocenters. The molecule has 2 aromatic heterocycles. The quantitative estimate of drug-likeness (QED) is 0.395. The molecule has 29 heavy (non-hydrogen) atoms. The van der Waals surface area contributed by atoms with Crippen molar-refractivity contribution >= 4 is 62.0 Å². The fraction of sp³-hybridized carbons (Fsp3) is 0.263. The summed E-state index contributed by atoms with van der Waals surface area (Å²) in [5, 5.41) is 15.5. The van der Waals surface area contributed by atoms with Crippen LogP contribution in [0, 0.1) is 0 Å². The van der Waals surface area contributed by atoms with Crippen LogP contribution in [0.2, 0.25) is 0 Å². The number of aliphatic imine (C=N–C) groups is 1. The maximum atomic E-state index is 12.3. The number of thioether (sulfide) groups is 1. The van der Waals surface area contributed by atoms with E-state index >= 15 is 0 Å². The molecular weight excluding hydrogens is 406 g/mol. The number of amides is 1. The van der Waals surface area contributed by atoms with Crippen molar-refractivity contribution < 1.29 is 4.79 Å². The van der Waals surface area contributed by atoms with Gasteiger partial charge in [-0.15, -0.1) is 0 Å². The second-order valence-electron chi connectivity index (χ2n) is 6.77. The van der Waals surface area contributed by atoms with Gasteiger partial charge in [0.15, 0.2) is 10.3 Å². The number of benzene rings is 1. The van der Waals surface area contributed by atoms with E-state index < -0.39 is 0 Å². The number of nitrogens with one attached hydrogen (secondary N) is 3. The van der Waals surface area contributed by atoms with E-state index in [1.165, 1.54) is 23.1 Å². The Bertz CT molecular complexity index is 1080. The lowest BCUT2D eigenvalue weighted by Crippen LogP contribution is -2.19. The molecule has 0 spiro atoms. The number of nitrogens with zero attached hydrogens (tertiary/aromatic N) is 4. The Hall–Kier alpha value is -2.69. The van der Waals surface area contributed by atoms with E-state index in [9.17, 15) is 4.79 Å². The first-order valence-corrected chi connectivity index (χ1v) is 10.8. The van der Waals surface area contributed by atoms with Crippen molar-refractivity contribution in [1.82, 2.24) is 25.4 Å². The number of rotatable bonds is 7. The van der Waals surface area contributed by atoms with E-state index in [4.69, 9.17) is 0 Å². The second-order valence-corrected chi connectivity index (χ2v) is 8.87. The SMILES string of the molecule is CN(C)CCCNc1ncc(C=C2SC(=Nc3ccc4cn[nH]c4c3)NC2=O)s1. The molecule has 0 saturated carbocycles. The monoisotopic (exact) mass is 427 g/mol. The first-order valence-electron chi connectivity index (χ1n) is 9.14. The van der Waals surface area contributed by atoms with Gasteiger partial charge in [-0.1, -0.05) is 11.3 Å². The Morgan fingerprint density at radius 3 is 3.07 bits per heavy atom. The van der Waals surface area contributed by atoms with E-state index in [1.807, 2.05) is 24.3 Å². The van der Waals surface area contributed by atoms with E-state index in [0.717, 1.165) is 46.1 Å². The van der Waals surface area contributed by atoms with E-state index in [-0.39, 0.29) is 5.91 Å². The first-order chi connectivity index (χ1) is 14.1. The van der Waals surface area contributed by atoms with Gasteiger partial charge in [-0.25, -0.2) is 9.98 Å². The summed E-state index contributed by atoms with van der Waals surface area (Å²) in [6.07, 6.45) is 6.44. The van der Waals surface area contributed by atoms with Crippen molar-refractivity contribution in [2.75, 3.05) is 32.5 Å². The maximum Gasteiger partial charge on any atom is 0.264 e. The van der Waals surface area contributed by atoms with Crippen molar-refractivity contribution in [3.8, 4) is 0 Å². The topological polar surface area (TPSA) is 98.3 Å². The van der Waals surface area contributed by atoms with Gasteiger partial charge in [0.1, 0.15) is 0 Å². The lowest BCUT2D eigenvalue weighted by atomic mass is 10.2. The molecule has 4 rings (SSSR count). The predicted octanol–water partition coefficient (Wildman–Crippen LogP) is 3.27. The van der Waals surface area contributed by atoms with Crippen LogP contribution in [0.4, 0.5) is 10.8 Å². The van der Waals surface area contributed by atoms with Gasteiger partial charge in [-0.2, -0.15) is 5.10 Å². The van der Waals surface area contributed by atoms with E-state index in [0.29, 0.717) is 10.1 Å². The highest BCUT2D eigenvalue weighted by molar-refractivity contribution is 8.18. The van der Waals surface area contributed by atoms with Gasteiger partial charge in [0.05, 0.1) is 27.2 Å². The summed E-state index contributed by atoms with van der Waals surface area (Å²) in [6.45, 7) is 1.90. The molecule has 10 heteroatoms. The molecule has 150 valence electrons. The average molecular weight is 428 g/mol. The molecule has 1 fully saturated rings. The Morgan fingerprint density at radius 1 is 1.31 bits per heavy atom. The summed E-state index contributed by atoms with van der Waals surface area (Å²) < 4.78 is 0. The minimum Gasteiger partial charge on any atom is -0.361 e. The number of thiazole rings is 1. The van der Waals surface area contributed by atoms with Crippen molar-refractivity contribution in [1.29, 1.82) is 0 Å². The number of fused-ring (bicyclic) bond motifs is 1. The average Bonchev–Trinajstić information content (AvgIpc) is 3.40. The lowest BCUT2D eigenvalue weighted by molar-refractivity contribution is -0.115. The molecule has 3 heterocycles. The normalized spacial score (nSPS) is 17.0. The number of amidine groups is 1. The summed E-state index contributed by atoms with van der Waals surface area (Å²) in [6, 6.07) is 5.75. The molecule has 8 nitrogen and oxygen atoms in total. The van der Waals surface area contributed by atoms with Crippen LogP contribution in [0.15, 0.2) is 40.5 Å². The van der Waals surface area contributed by atoms with Gasteiger partial charge in [0.2, 0.25) is 0 Å². The molecule has 0 aliphatic carbocycles. The van der Waals surface area contributed by atoms with Gasteiger partial charge >= 0.3 is 0 Å². The van der Waals surface area contributed by atoms with Crippen LogP contribution in [0.5, 0.6) is 0 Å². The summed E-state index contributed by atoms with van der Waals surface area (Å²) in [7, 11) is 4.12. The maximum absolute atomic E-state index is 12.3. The highest BCUT2D eigenvalue weighted by Gasteiger charge is 2.24. The predicted molar refractivity (Wildman–Crippen MR) is 121 cm³/mol. The van der Waals surface area contributed by atoms with Crippen LogP contribution in [0.1, 0.15) is 11.3 Å². The summed E-state index contributed by atoms with van der Waals surface area (Å²) in [5.41, 5.74) is 1.67. The molecule has 0 radical (unpaired) electrons. The number of H-pyrrole nitrogens is 1. The molecule has 1 saturated heterocycles. The molecule has 1 aliphatic heterocycles. The largest absolute Gasteiger partial charge is 0.361 e. The van der Waals surface area contributed by atoms with Gasteiger partial charge in [-0.3, -0.25) is 9.89 Å². The zero-order valence-corrected chi connectivity index (χ0v) is 17.7. The van der Waals surface area contributed by atoms with Gasteiger partial charge < -0.3 is 15.5 Å². The molecule has 0 atom stereocenters. The summed E-state index contributed by atoms with van der Waals surface area (Å²) >= 11 is 2.86. The van der Waals surface area contributed by atoms with E-state index in [2.05, 4.69) is 49.8 Å². The highest BCUT2D eigenvalue weighted by Crippen LogP contribution is 2.30. The molecule has 1 amide bonds. The van der Waals surface area contributed by atoms with Crippen molar-refractivity contribution in [3.63, 3.8) is 0 Å². The van der Waals surface area contributed by atoms with E-state index in [1.54, 1.807) is 12.4 Å². The third kappa shape index (κ3) is 5.03. The lowest BCUT2D eigenvalue weighted by Gasteiger charge is -2.08. The number of aromatic nitrogens is 3. The number of hydrogen-bond acceptors (Lipinski definition) is 8. The van der Waals surface area contributed by atoms with Crippen LogP contribution in [-0.4, -0.2) is 58.3 Å². The first kappa shape index (κ1) is 19.6. The van der Waals surface area contributed by atoms with Gasteiger partial charge in [0.25, 0.3) is 5.91 Å². The molecule has 1 aliphatic rings. The van der Waals surface area contributed by atoms with Crippen molar-refractivity contribution in [3.05, 3.63) is 40.4 Å². The van der Waals surface area contributed by atoms with Crippen LogP contribution in [-0.2, 0) is 4.79 Å². The zero-order valence-electron chi connectivity index (χ0n) is 16.1. The third-order valence-electron chi connectivity index (χ3n) is 4.16. The van der Waals surface area contributed by atoms with Crippen molar-refractivity contribution in [2.45, 2.75) is 6.42 Å². The van der Waals surface area contributed by atoms with Crippen LogP contribution in [0.3, 0.4) is 0 Å². The molecule has 3 aromatic rings. The van der Waals surface area contributed by atoms with Gasteiger partial charge in [-0.05, 0) is 63.1 Å². The Kier molecular flexibility index (Phi) is 5.93. The third-order valence-corrected chi connectivity index (χ3v) is 5.97. The molecule has 1 aromatic carbocycles. The Balaban J connectivity index is 1.40. The Labute approximate surface area is 176 Å². The molecular formula is C19H21N7OS2. The standard InChI is InChI=1S/C19H21N7OS2/c1-26(2)7-3-6-20-18-21-11-14(28-18)9-16-17(27)24-19(29-16)23-13-5-4-12-10-22-25-15(12)8-13/h4-5,8-11H,3,6-7H2,1-2H3,(H,20,21)(H,22,25)(H,23,24,27).